The standard InChI is InChI=1S/C11H17NO4/c1-5-15-6-7-12-9(11(2,3)4)8(16-7)10(13)14/h5-6H2,1-4H3,(H,13,14). The number of aromatic nitrogens is 1. The van der Waals surface area contributed by atoms with E-state index in [0.717, 1.165) is 0 Å². The average molecular weight is 227 g/mol. The molecule has 5 nitrogen and oxygen atoms in total. The Morgan fingerprint density at radius 1 is 1.50 bits per heavy atom. The average Bonchev–Trinajstić information content (AvgIpc) is 2.58. The Kier molecular flexibility index (Phi) is 3.70. The van der Waals surface area contributed by atoms with Gasteiger partial charge in [-0.1, -0.05) is 20.8 Å². The van der Waals surface area contributed by atoms with Gasteiger partial charge < -0.3 is 14.3 Å². The molecule has 16 heavy (non-hydrogen) atoms. The number of carboxylic acid groups (broad SMARTS) is 1. The van der Waals surface area contributed by atoms with E-state index < -0.39 is 5.97 Å². The van der Waals surface area contributed by atoms with Crippen LogP contribution in [0.3, 0.4) is 0 Å². The second kappa shape index (κ2) is 4.65. The molecule has 0 aromatic carbocycles. The lowest BCUT2D eigenvalue weighted by atomic mass is 9.91. The summed E-state index contributed by atoms with van der Waals surface area (Å²) in [7, 11) is 0. The van der Waals surface area contributed by atoms with Crippen molar-refractivity contribution in [2.24, 2.45) is 0 Å². The predicted octanol–water partition coefficient (Wildman–Crippen LogP) is 2.21. The monoisotopic (exact) mass is 227 g/mol. The van der Waals surface area contributed by atoms with Gasteiger partial charge in [0.25, 0.3) is 0 Å². The van der Waals surface area contributed by atoms with E-state index in [9.17, 15) is 4.79 Å². The van der Waals surface area contributed by atoms with Crippen LogP contribution in [-0.4, -0.2) is 22.7 Å². The Bertz CT molecular complexity index is 376. The highest BCUT2D eigenvalue weighted by Gasteiger charge is 2.28. The van der Waals surface area contributed by atoms with Gasteiger partial charge in [-0.2, -0.15) is 0 Å². The van der Waals surface area contributed by atoms with E-state index in [-0.39, 0.29) is 17.8 Å². The number of aromatic carboxylic acids is 1. The molecule has 0 aliphatic heterocycles. The van der Waals surface area contributed by atoms with Gasteiger partial charge in [0.1, 0.15) is 6.61 Å². The van der Waals surface area contributed by atoms with Crippen LogP contribution in [0.4, 0.5) is 0 Å². The van der Waals surface area contributed by atoms with E-state index in [4.69, 9.17) is 14.3 Å². The first kappa shape index (κ1) is 12.7. The molecule has 1 heterocycles. The summed E-state index contributed by atoms with van der Waals surface area (Å²) in [6.45, 7) is 8.26. The molecule has 0 bridgehead atoms. The number of nitrogens with zero attached hydrogens (tertiary/aromatic N) is 1. The number of ether oxygens (including phenoxy) is 1. The molecule has 0 saturated carbocycles. The Morgan fingerprint density at radius 2 is 2.12 bits per heavy atom. The van der Waals surface area contributed by atoms with Gasteiger partial charge in [-0.05, 0) is 6.92 Å². The Labute approximate surface area is 94.4 Å². The van der Waals surface area contributed by atoms with Crippen LogP contribution in [-0.2, 0) is 16.8 Å². The lowest BCUT2D eigenvalue weighted by Crippen LogP contribution is -2.16. The maximum Gasteiger partial charge on any atom is 0.373 e. The van der Waals surface area contributed by atoms with Crippen molar-refractivity contribution >= 4 is 5.97 Å². The van der Waals surface area contributed by atoms with Crippen molar-refractivity contribution in [1.82, 2.24) is 4.98 Å². The van der Waals surface area contributed by atoms with Gasteiger partial charge >= 0.3 is 5.97 Å². The van der Waals surface area contributed by atoms with E-state index >= 15 is 0 Å². The normalized spacial score (nSPS) is 11.8. The summed E-state index contributed by atoms with van der Waals surface area (Å²) < 4.78 is 10.3. The minimum atomic E-state index is -1.10. The van der Waals surface area contributed by atoms with Gasteiger partial charge in [-0.3, -0.25) is 0 Å². The lowest BCUT2D eigenvalue weighted by Gasteiger charge is -2.14. The summed E-state index contributed by atoms with van der Waals surface area (Å²) in [5, 5.41) is 8.99. The quantitative estimate of drug-likeness (QED) is 0.853. The fourth-order valence-electron chi connectivity index (χ4n) is 1.27. The number of hydrogen-bond acceptors (Lipinski definition) is 4. The van der Waals surface area contributed by atoms with Crippen LogP contribution in [0.25, 0.3) is 0 Å². The number of oxazole rings is 1. The smallest absolute Gasteiger partial charge is 0.373 e. The second-order valence-electron chi connectivity index (χ2n) is 4.48. The molecule has 0 atom stereocenters. The topological polar surface area (TPSA) is 72.6 Å². The van der Waals surface area contributed by atoms with Crippen LogP contribution in [0.1, 0.15) is 49.8 Å². The fourth-order valence-corrected chi connectivity index (χ4v) is 1.27. The fraction of sp³-hybridized carbons (Fsp3) is 0.636. The van der Waals surface area contributed by atoms with Crippen molar-refractivity contribution in [2.45, 2.75) is 39.7 Å². The van der Waals surface area contributed by atoms with Crippen molar-refractivity contribution in [2.75, 3.05) is 6.61 Å². The first-order chi connectivity index (χ1) is 7.36. The molecule has 0 amide bonds. The van der Waals surface area contributed by atoms with Crippen molar-refractivity contribution in [3.8, 4) is 0 Å². The molecule has 1 aromatic heterocycles. The molecular weight excluding hydrogens is 210 g/mol. The Hall–Kier alpha value is -1.36. The summed E-state index contributed by atoms with van der Waals surface area (Å²) in [6, 6.07) is 0. The van der Waals surface area contributed by atoms with Gasteiger partial charge in [0, 0.05) is 12.0 Å². The van der Waals surface area contributed by atoms with Crippen molar-refractivity contribution in [1.29, 1.82) is 0 Å². The van der Waals surface area contributed by atoms with Gasteiger partial charge in [0.2, 0.25) is 11.7 Å². The summed E-state index contributed by atoms with van der Waals surface area (Å²) in [4.78, 5) is 15.1. The predicted molar refractivity (Wildman–Crippen MR) is 57.5 cm³/mol. The van der Waals surface area contributed by atoms with Crippen LogP contribution in [0.15, 0.2) is 4.42 Å². The van der Waals surface area contributed by atoms with E-state index in [0.29, 0.717) is 18.2 Å². The van der Waals surface area contributed by atoms with Gasteiger partial charge in [0.05, 0.1) is 5.69 Å². The molecule has 0 aliphatic carbocycles. The van der Waals surface area contributed by atoms with Crippen molar-refractivity contribution in [3.05, 3.63) is 17.3 Å². The Morgan fingerprint density at radius 3 is 2.50 bits per heavy atom. The first-order valence-electron chi connectivity index (χ1n) is 5.17. The molecule has 0 radical (unpaired) electrons. The maximum absolute atomic E-state index is 11.0. The van der Waals surface area contributed by atoms with Crippen molar-refractivity contribution in [3.63, 3.8) is 0 Å². The lowest BCUT2D eigenvalue weighted by molar-refractivity contribution is 0.0646. The third-order valence-electron chi connectivity index (χ3n) is 2.01. The Balaban J connectivity index is 3.06. The molecule has 1 N–H and O–H groups in total. The van der Waals surface area contributed by atoms with Crippen LogP contribution in [0.2, 0.25) is 0 Å². The minimum absolute atomic E-state index is 0.0952. The summed E-state index contributed by atoms with van der Waals surface area (Å²) in [5.41, 5.74) is 0.0940. The molecule has 5 heteroatoms. The molecule has 0 fully saturated rings. The molecular formula is C11H17NO4. The zero-order chi connectivity index (χ0) is 12.3. The van der Waals surface area contributed by atoms with E-state index in [1.54, 1.807) is 0 Å². The highest BCUT2D eigenvalue weighted by Crippen LogP contribution is 2.26. The highest BCUT2D eigenvalue weighted by atomic mass is 16.5. The number of carboxylic acids is 1. The number of rotatable bonds is 4. The molecule has 0 spiro atoms. The largest absolute Gasteiger partial charge is 0.475 e. The van der Waals surface area contributed by atoms with Crippen LogP contribution < -0.4 is 0 Å². The van der Waals surface area contributed by atoms with E-state index in [2.05, 4.69) is 4.98 Å². The molecule has 0 unspecified atom stereocenters. The third-order valence-corrected chi connectivity index (χ3v) is 2.01. The second-order valence-corrected chi connectivity index (χ2v) is 4.48. The SMILES string of the molecule is CCOCc1nc(C(C)(C)C)c(C(=O)O)o1. The number of hydrogen-bond donors (Lipinski definition) is 1. The zero-order valence-corrected chi connectivity index (χ0v) is 10.0. The van der Waals surface area contributed by atoms with Gasteiger partial charge in [0.15, 0.2) is 0 Å². The third kappa shape index (κ3) is 2.82. The molecule has 90 valence electrons. The summed E-state index contributed by atoms with van der Waals surface area (Å²) in [5.74, 6) is -0.883. The maximum atomic E-state index is 11.0. The van der Waals surface area contributed by atoms with E-state index in [1.165, 1.54) is 0 Å². The van der Waals surface area contributed by atoms with Crippen LogP contribution in [0.5, 0.6) is 0 Å². The van der Waals surface area contributed by atoms with Crippen LogP contribution >= 0.6 is 0 Å². The number of carbonyl (C=O) groups is 1. The van der Waals surface area contributed by atoms with Gasteiger partial charge in [-0.25, -0.2) is 9.78 Å². The molecule has 1 rings (SSSR count). The van der Waals surface area contributed by atoms with E-state index in [1.807, 2.05) is 27.7 Å². The molecule has 0 saturated heterocycles. The summed E-state index contributed by atoms with van der Waals surface area (Å²) >= 11 is 0. The minimum Gasteiger partial charge on any atom is -0.475 e. The van der Waals surface area contributed by atoms with Crippen molar-refractivity contribution < 1.29 is 19.1 Å². The molecule has 0 aliphatic rings. The highest BCUT2D eigenvalue weighted by molar-refractivity contribution is 5.86. The zero-order valence-electron chi connectivity index (χ0n) is 10.0. The first-order valence-corrected chi connectivity index (χ1v) is 5.17. The summed E-state index contributed by atoms with van der Waals surface area (Å²) in [6.07, 6.45) is 0. The van der Waals surface area contributed by atoms with Crippen LogP contribution in [0, 0.1) is 0 Å². The van der Waals surface area contributed by atoms with Gasteiger partial charge in [-0.15, -0.1) is 0 Å². The molecule has 1 aromatic rings.